The lowest BCUT2D eigenvalue weighted by Gasteiger charge is -2.24. The molecule has 0 bridgehead atoms. The first-order chi connectivity index (χ1) is 16.2. The third kappa shape index (κ3) is 4.28. The van der Waals surface area contributed by atoms with Gasteiger partial charge < -0.3 is 9.80 Å². The topological polar surface area (TPSA) is 78.1 Å². The van der Waals surface area contributed by atoms with E-state index in [-0.39, 0.29) is 5.91 Å². The summed E-state index contributed by atoms with van der Waals surface area (Å²) in [6.07, 6.45) is 4.27. The molecule has 7 nitrogen and oxygen atoms in total. The molecule has 1 aliphatic rings. The van der Waals surface area contributed by atoms with Crippen molar-refractivity contribution in [3.8, 4) is 6.07 Å². The first-order valence-electron chi connectivity index (χ1n) is 11.1. The molecule has 1 amide bonds. The highest BCUT2D eigenvalue weighted by Crippen LogP contribution is 2.22. The Hall–Kier alpha value is -4.18. The molecule has 0 saturated carbocycles. The molecule has 0 N–H and O–H groups in total. The summed E-state index contributed by atoms with van der Waals surface area (Å²) in [7, 11) is 0. The number of hydrogen-bond acceptors (Lipinski definition) is 5. The van der Waals surface area contributed by atoms with Crippen LogP contribution in [0.25, 0.3) is 11.0 Å². The van der Waals surface area contributed by atoms with Gasteiger partial charge in [0.2, 0.25) is 0 Å². The van der Waals surface area contributed by atoms with E-state index in [1.54, 1.807) is 12.4 Å². The van der Waals surface area contributed by atoms with E-state index in [2.05, 4.69) is 33.2 Å². The fraction of sp³-hybridized carbons (Fsp3) is 0.231. The minimum Gasteiger partial charge on any atom is -0.369 e. The van der Waals surface area contributed by atoms with Gasteiger partial charge in [0.05, 0.1) is 29.6 Å². The van der Waals surface area contributed by atoms with Crippen LogP contribution in [0.5, 0.6) is 0 Å². The number of hydrogen-bond donors (Lipinski definition) is 0. The summed E-state index contributed by atoms with van der Waals surface area (Å²) in [5.74, 6) is -0.0179. The summed E-state index contributed by atoms with van der Waals surface area (Å²) < 4.78 is 1.86. The first-order valence-corrected chi connectivity index (χ1v) is 11.1. The van der Waals surface area contributed by atoms with Gasteiger partial charge in [0.25, 0.3) is 5.91 Å². The summed E-state index contributed by atoms with van der Waals surface area (Å²) in [6.45, 7) is 3.41. The zero-order chi connectivity index (χ0) is 22.6. The van der Waals surface area contributed by atoms with Crippen LogP contribution in [0.1, 0.15) is 27.9 Å². The summed E-state index contributed by atoms with van der Waals surface area (Å²) in [5, 5.41) is 14.8. The number of carbonyl (C=O) groups excluding carboxylic acids is 1. The van der Waals surface area contributed by atoms with E-state index in [1.165, 1.54) is 0 Å². The summed E-state index contributed by atoms with van der Waals surface area (Å²) in [5.41, 5.74) is 4.09. The lowest BCUT2D eigenvalue weighted by atomic mass is 10.1. The van der Waals surface area contributed by atoms with E-state index >= 15 is 0 Å². The third-order valence-corrected chi connectivity index (χ3v) is 6.05. The second-order valence-electron chi connectivity index (χ2n) is 8.19. The number of nitriles is 1. The smallest absolute Gasteiger partial charge is 0.255 e. The number of nitrogens with zero attached hydrogens (tertiary/aromatic N) is 6. The number of rotatable bonds is 4. The fourth-order valence-corrected chi connectivity index (χ4v) is 4.35. The zero-order valence-corrected chi connectivity index (χ0v) is 18.3. The van der Waals surface area contributed by atoms with Gasteiger partial charge in [-0.3, -0.25) is 4.79 Å². The second-order valence-corrected chi connectivity index (χ2v) is 8.19. The minimum atomic E-state index is -0.0179. The number of fused-ring (bicyclic) bond motifs is 1. The van der Waals surface area contributed by atoms with Crippen LogP contribution in [0.15, 0.2) is 73.1 Å². The minimum absolute atomic E-state index is 0.0179. The lowest BCUT2D eigenvalue weighted by Crippen LogP contribution is -2.35. The maximum Gasteiger partial charge on any atom is 0.255 e. The normalized spacial score (nSPS) is 14.2. The SMILES string of the molecule is N#Cc1ccccc1N1CCCN(C(=O)c2cnc3c(cnn3Cc3ccccc3)c2)CC1. The van der Waals surface area contributed by atoms with Gasteiger partial charge >= 0.3 is 0 Å². The number of aromatic nitrogens is 3. The number of pyridine rings is 1. The van der Waals surface area contributed by atoms with Crippen LogP contribution in [-0.2, 0) is 6.54 Å². The molecular formula is C26H24N6O. The highest BCUT2D eigenvalue weighted by molar-refractivity contribution is 5.96. The van der Waals surface area contributed by atoms with Gasteiger partial charge in [0.15, 0.2) is 5.65 Å². The zero-order valence-electron chi connectivity index (χ0n) is 18.3. The van der Waals surface area contributed by atoms with E-state index in [0.29, 0.717) is 37.3 Å². The van der Waals surface area contributed by atoms with Gasteiger partial charge in [-0.1, -0.05) is 42.5 Å². The molecule has 3 heterocycles. The molecule has 0 unspecified atom stereocenters. The number of anilines is 1. The Morgan fingerprint density at radius 3 is 2.64 bits per heavy atom. The van der Waals surface area contributed by atoms with E-state index in [9.17, 15) is 10.1 Å². The number of benzene rings is 2. The van der Waals surface area contributed by atoms with Crippen molar-refractivity contribution in [1.29, 1.82) is 5.26 Å². The molecule has 1 fully saturated rings. The van der Waals surface area contributed by atoms with Crippen LogP contribution < -0.4 is 4.90 Å². The monoisotopic (exact) mass is 436 g/mol. The van der Waals surface area contributed by atoms with Crippen molar-refractivity contribution < 1.29 is 4.79 Å². The lowest BCUT2D eigenvalue weighted by molar-refractivity contribution is 0.0767. The average molecular weight is 437 g/mol. The molecule has 0 radical (unpaired) electrons. The fourth-order valence-electron chi connectivity index (χ4n) is 4.35. The molecule has 4 aromatic rings. The Kier molecular flexibility index (Phi) is 5.73. The van der Waals surface area contributed by atoms with Crippen molar-refractivity contribution in [2.45, 2.75) is 13.0 Å². The predicted molar refractivity (Wildman–Crippen MR) is 127 cm³/mol. The first kappa shape index (κ1) is 20.7. The van der Waals surface area contributed by atoms with Gasteiger partial charge in [-0.05, 0) is 30.2 Å². The van der Waals surface area contributed by atoms with E-state index in [1.807, 2.05) is 58.1 Å². The summed E-state index contributed by atoms with van der Waals surface area (Å²) >= 11 is 0. The molecule has 33 heavy (non-hydrogen) atoms. The van der Waals surface area contributed by atoms with E-state index in [4.69, 9.17) is 0 Å². The summed E-state index contributed by atoms with van der Waals surface area (Å²) in [6, 6.07) is 21.9. The molecule has 7 heteroatoms. The quantitative estimate of drug-likeness (QED) is 0.487. The maximum absolute atomic E-state index is 13.2. The van der Waals surface area contributed by atoms with E-state index in [0.717, 1.165) is 35.2 Å². The summed E-state index contributed by atoms with van der Waals surface area (Å²) in [4.78, 5) is 21.9. The second kappa shape index (κ2) is 9.13. The van der Waals surface area contributed by atoms with Gasteiger partial charge in [-0.2, -0.15) is 10.4 Å². The largest absolute Gasteiger partial charge is 0.369 e. The number of para-hydroxylation sites is 1. The number of amides is 1. The highest BCUT2D eigenvalue weighted by atomic mass is 16.2. The predicted octanol–water partition coefficient (Wildman–Crippen LogP) is 3.70. The Bertz CT molecular complexity index is 1320. The van der Waals surface area contributed by atoms with Crippen molar-refractivity contribution in [1.82, 2.24) is 19.7 Å². The molecule has 0 aliphatic carbocycles. The van der Waals surface area contributed by atoms with Crippen molar-refractivity contribution in [3.05, 3.63) is 89.7 Å². The van der Waals surface area contributed by atoms with Gasteiger partial charge in [0, 0.05) is 37.8 Å². The maximum atomic E-state index is 13.2. The number of carbonyl (C=O) groups is 1. The van der Waals surface area contributed by atoms with Crippen molar-refractivity contribution >= 4 is 22.6 Å². The molecule has 164 valence electrons. The Balaban J connectivity index is 1.31. The van der Waals surface area contributed by atoms with Crippen molar-refractivity contribution in [3.63, 3.8) is 0 Å². The third-order valence-electron chi connectivity index (χ3n) is 6.05. The Morgan fingerprint density at radius 1 is 0.970 bits per heavy atom. The van der Waals surface area contributed by atoms with Crippen LogP contribution in [0.2, 0.25) is 0 Å². The van der Waals surface area contributed by atoms with Crippen molar-refractivity contribution in [2.24, 2.45) is 0 Å². The van der Waals surface area contributed by atoms with Gasteiger partial charge in [0.1, 0.15) is 6.07 Å². The van der Waals surface area contributed by atoms with Crippen LogP contribution >= 0.6 is 0 Å². The molecule has 0 spiro atoms. The molecule has 1 saturated heterocycles. The van der Waals surface area contributed by atoms with Crippen LogP contribution in [-0.4, -0.2) is 51.8 Å². The molecule has 2 aromatic heterocycles. The van der Waals surface area contributed by atoms with Crippen LogP contribution in [0.4, 0.5) is 5.69 Å². The van der Waals surface area contributed by atoms with Crippen molar-refractivity contribution in [2.75, 3.05) is 31.1 Å². The van der Waals surface area contributed by atoms with Gasteiger partial charge in [-0.15, -0.1) is 0 Å². The Morgan fingerprint density at radius 2 is 1.79 bits per heavy atom. The van der Waals surface area contributed by atoms with Crippen LogP contribution in [0, 0.1) is 11.3 Å². The Labute approximate surface area is 192 Å². The molecule has 0 atom stereocenters. The molecule has 1 aliphatic heterocycles. The van der Waals surface area contributed by atoms with E-state index < -0.39 is 0 Å². The molecule has 5 rings (SSSR count). The van der Waals surface area contributed by atoms with Crippen LogP contribution in [0.3, 0.4) is 0 Å². The average Bonchev–Trinajstić information content (AvgIpc) is 3.10. The molecule has 2 aromatic carbocycles. The highest BCUT2D eigenvalue weighted by Gasteiger charge is 2.22. The van der Waals surface area contributed by atoms with Gasteiger partial charge in [-0.25, -0.2) is 9.67 Å². The molecular weight excluding hydrogens is 412 g/mol. The standard InChI is InChI=1S/C26H24N6O/c27-16-21-9-4-5-10-24(21)30-11-6-12-31(14-13-30)26(33)23-15-22-18-29-32(25(22)28-17-23)19-20-7-2-1-3-8-20/h1-5,7-10,15,17-18H,6,11-14,19H2.